The maximum absolute atomic E-state index is 5.38. The van der Waals surface area contributed by atoms with E-state index in [-0.39, 0.29) is 0 Å². The van der Waals surface area contributed by atoms with Crippen LogP contribution in [0.1, 0.15) is 58.3 Å². The van der Waals surface area contributed by atoms with Crippen LogP contribution in [0.3, 0.4) is 0 Å². The molecule has 1 N–H and O–H groups in total. The first-order valence-electron chi connectivity index (χ1n) is 6.07. The molecular formula is C13H23NO. The van der Waals surface area contributed by atoms with Crippen molar-refractivity contribution in [1.29, 1.82) is 0 Å². The fourth-order valence-electron chi connectivity index (χ4n) is 1.83. The standard InChI is InChI=1S/C13H23NO/c1-4-6-8-12(5-2)14-11(3)13-9-7-10-15-13/h7,9-12,14H,4-6,8H2,1-3H3/t11-,12?/m0/s1. The van der Waals surface area contributed by atoms with E-state index < -0.39 is 0 Å². The fraction of sp³-hybridized carbons (Fsp3) is 0.692. The van der Waals surface area contributed by atoms with Gasteiger partial charge in [-0.1, -0.05) is 26.7 Å². The first-order chi connectivity index (χ1) is 7.27. The van der Waals surface area contributed by atoms with Crippen molar-refractivity contribution in [2.45, 2.75) is 58.5 Å². The molecule has 1 unspecified atom stereocenters. The summed E-state index contributed by atoms with van der Waals surface area (Å²) < 4.78 is 5.38. The van der Waals surface area contributed by atoms with Crippen LogP contribution in [0.15, 0.2) is 22.8 Å². The van der Waals surface area contributed by atoms with E-state index >= 15 is 0 Å². The van der Waals surface area contributed by atoms with Crippen LogP contribution in [0.2, 0.25) is 0 Å². The van der Waals surface area contributed by atoms with Crippen LogP contribution in [0.4, 0.5) is 0 Å². The Morgan fingerprint density at radius 1 is 1.40 bits per heavy atom. The summed E-state index contributed by atoms with van der Waals surface area (Å²) in [6.45, 7) is 6.64. The van der Waals surface area contributed by atoms with Gasteiger partial charge in [-0.2, -0.15) is 0 Å². The van der Waals surface area contributed by atoms with Gasteiger partial charge in [-0.15, -0.1) is 0 Å². The van der Waals surface area contributed by atoms with Gasteiger partial charge in [0.25, 0.3) is 0 Å². The second-order valence-corrected chi connectivity index (χ2v) is 4.15. The molecule has 86 valence electrons. The lowest BCUT2D eigenvalue weighted by atomic mass is 10.1. The molecule has 0 aliphatic heterocycles. The molecule has 0 aliphatic rings. The maximum Gasteiger partial charge on any atom is 0.120 e. The third kappa shape index (κ3) is 4.08. The van der Waals surface area contributed by atoms with Crippen molar-refractivity contribution in [3.63, 3.8) is 0 Å². The van der Waals surface area contributed by atoms with E-state index in [1.807, 2.05) is 12.1 Å². The van der Waals surface area contributed by atoms with E-state index in [2.05, 4.69) is 26.1 Å². The van der Waals surface area contributed by atoms with Gasteiger partial charge in [-0.25, -0.2) is 0 Å². The van der Waals surface area contributed by atoms with Crippen molar-refractivity contribution < 1.29 is 4.42 Å². The number of nitrogens with one attached hydrogen (secondary N) is 1. The van der Waals surface area contributed by atoms with Crippen molar-refractivity contribution >= 4 is 0 Å². The average Bonchev–Trinajstić information content (AvgIpc) is 2.77. The van der Waals surface area contributed by atoms with Crippen LogP contribution in [0.5, 0.6) is 0 Å². The lowest BCUT2D eigenvalue weighted by molar-refractivity contribution is 0.364. The summed E-state index contributed by atoms with van der Waals surface area (Å²) in [5.41, 5.74) is 0. The van der Waals surface area contributed by atoms with E-state index in [1.54, 1.807) is 6.26 Å². The molecule has 2 nitrogen and oxygen atoms in total. The number of hydrogen-bond donors (Lipinski definition) is 1. The Morgan fingerprint density at radius 2 is 2.20 bits per heavy atom. The first kappa shape index (κ1) is 12.3. The van der Waals surface area contributed by atoms with Gasteiger partial charge >= 0.3 is 0 Å². The SMILES string of the molecule is CCCCC(CC)N[C@@H](C)c1ccco1. The number of furan rings is 1. The highest BCUT2D eigenvalue weighted by molar-refractivity contribution is 5.03. The molecule has 2 heteroatoms. The topological polar surface area (TPSA) is 25.2 Å². The zero-order valence-corrected chi connectivity index (χ0v) is 10.1. The van der Waals surface area contributed by atoms with Gasteiger partial charge in [-0.3, -0.25) is 0 Å². The summed E-state index contributed by atoms with van der Waals surface area (Å²) in [4.78, 5) is 0. The van der Waals surface area contributed by atoms with E-state index in [4.69, 9.17) is 4.42 Å². The average molecular weight is 209 g/mol. The third-order valence-electron chi connectivity index (χ3n) is 2.85. The van der Waals surface area contributed by atoms with Crippen LogP contribution in [0.25, 0.3) is 0 Å². The van der Waals surface area contributed by atoms with Crippen molar-refractivity contribution in [3.8, 4) is 0 Å². The highest BCUT2D eigenvalue weighted by atomic mass is 16.3. The van der Waals surface area contributed by atoms with Gasteiger partial charge in [0.05, 0.1) is 12.3 Å². The largest absolute Gasteiger partial charge is 0.468 e. The van der Waals surface area contributed by atoms with Crippen molar-refractivity contribution in [2.24, 2.45) is 0 Å². The minimum absolute atomic E-state index is 0.321. The first-order valence-corrected chi connectivity index (χ1v) is 6.07. The molecule has 1 heterocycles. The van der Waals surface area contributed by atoms with Gasteiger partial charge in [0.2, 0.25) is 0 Å². The van der Waals surface area contributed by atoms with E-state index in [0.717, 1.165) is 5.76 Å². The molecule has 0 saturated carbocycles. The molecule has 0 fully saturated rings. The lowest BCUT2D eigenvalue weighted by Gasteiger charge is -2.20. The second-order valence-electron chi connectivity index (χ2n) is 4.15. The fourth-order valence-corrected chi connectivity index (χ4v) is 1.83. The van der Waals surface area contributed by atoms with Crippen LogP contribution < -0.4 is 5.32 Å². The van der Waals surface area contributed by atoms with E-state index in [9.17, 15) is 0 Å². The molecule has 1 rings (SSSR count). The van der Waals surface area contributed by atoms with Gasteiger partial charge in [0.15, 0.2) is 0 Å². The Balaban J connectivity index is 2.37. The molecule has 15 heavy (non-hydrogen) atoms. The zero-order chi connectivity index (χ0) is 11.1. The lowest BCUT2D eigenvalue weighted by Crippen LogP contribution is -2.30. The third-order valence-corrected chi connectivity index (χ3v) is 2.85. The van der Waals surface area contributed by atoms with Gasteiger partial charge in [-0.05, 0) is 31.9 Å². The predicted octanol–water partition coefficient (Wildman–Crippen LogP) is 3.90. The summed E-state index contributed by atoms with van der Waals surface area (Å²) in [7, 11) is 0. The maximum atomic E-state index is 5.38. The Labute approximate surface area is 93.1 Å². The Kier molecular flexibility index (Phi) is 5.48. The molecule has 2 atom stereocenters. The van der Waals surface area contributed by atoms with Crippen LogP contribution in [-0.2, 0) is 0 Å². The molecule has 0 saturated heterocycles. The molecule has 0 radical (unpaired) electrons. The van der Waals surface area contributed by atoms with Crippen molar-refractivity contribution in [2.75, 3.05) is 0 Å². The van der Waals surface area contributed by atoms with Crippen LogP contribution in [0, 0.1) is 0 Å². The van der Waals surface area contributed by atoms with Gasteiger partial charge < -0.3 is 9.73 Å². The normalized spacial score (nSPS) is 15.1. The summed E-state index contributed by atoms with van der Waals surface area (Å²) in [6.07, 6.45) is 6.76. The zero-order valence-electron chi connectivity index (χ0n) is 10.1. The summed E-state index contributed by atoms with van der Waals surface area (Å²) in [5.74, 6) is 1.03. The van der Waals surface area contributed by atoms with Gasteiger partial charge in [0.1, 0.15) is 5.76 Å². The quantitative estimate of drug-likeness (QED) is 0.736. The smallest absolute Gasteiger partial charge is 0.120 e. The molecule has 1 aromatic heterocycles. The van der Waals surface area contributed by atoms with Crippen LogP contribution in [-0.4, -0.2) is 6.04 Å². The van der Waals surface area contributed by atoms with Crippen molar-refractivity contribution in [1.82, 2.24) is 5.32 Å². The molecule has 0 bridgehead atoms. The number of hydrogen-bond acceptors (Lipinski definition) is 2. The van der Waals surface area contributed by atoms with E-state index in [0.29, 0.717) is 12.1 Å². The molecule has 0 amide bonds. The predicted molar refractivity (Wildman–Crippen MR) is 63.9 cm³/mol. The Hall–Kier alpha value is -0.760. The molecule has 1 aromatic rings. The Morgan fingerprint density at radius 3 is 2.73 bits per heavy atom. The molecular weight excluding hydrogens is 186 g/mol. The van der Waals surface area contributed by atoms with Crippen molar-refractivity contribution in [3.05, 3.63) is 24.2 Å². The summed E-state index contributed by atoms with van der Waals surface area (Å²) in [5, 5.41) is 3.61. The minimum atomic E-state index is 0.321. The Bertz CT molecular complexity index is 243. The second kappa shape index (κ2) is 6.67. The molecule has 0 aromatic carbocycles. The molecule has 0 spiro atoms. The van der Waals surface area contributed by atoms with E-state index in [1.165, 1.54) is 25.7 Å². The highest BCUT2D eigenvalue weighted by Crippen LogP contribution is 2.15. The van der Waals surface area contributed by atoms with Crippen LogP contribution >= 0.6 is 0 Å². The monoisotopic (exact) mass is 209 g/mol. The number of rotatable bonds is 7. The highest BCUT2D eigenvalue weighted by Gasteiger charge is 2.12. The van der Waals surface area contributed by atoms with Gasteiger partial charge in [0, 0.05) is 6.04 Å². The summed E-state index contributed by atoms with van der Waals surface area (Å²) >= 11 is 0. The minimum Gasteiger partial charge on any atom is -0.468 e. The number of unbranched alkanes of at least 4 members (excludes halogenated alkanes) is 1. The molecule has 0 aliphatic carbocycles. The summed E-state index contributed by atoms with van der Waals surface area (Å²) in [6, 6.07) is 4.91.